The fraction of sp³-hybridized carbons (Fsp3) is 0.188. The van der Waals surface area contributed by atoms with Gasteiger partial charge in [-0.25, -0.2) is 4.79 Å². The van der Waals surface area contributed by atoms with E-state index in [0.717, 1.165) is 0 Å². The van der Waals surface area contributed by atoms with Gasteiger partial charge in [-0.3, -0.25) is 5.43 Å². The molecule has 132 valence electrons. The third kappa shape index (κ3) is 4.29. The predicted molar refractivity (Wildman–Crippen MR) is 90.6 cm³/mol. The van der Waals surface area contributed by atoms with Crippen LogP contribution in [0.1, 0.15) is 21.8 Å². The zero-order valence-corrected chi connectivity index (χ0v) is 14.5. The average molecular weight is 374 g/mol. The summed E-state index contributed by atoms with van der Waals surface area (Å²) in [6, 6.07) is 7.92. The van der Waals surface area contributed by atoms with Crippen molar-refractivity contribution in [1.29, 1.82) is 10.5 Å². The van der Waals surface area contributed by atoms with E-state index in [-0.39, 0.29) is 23.0 Å². The predicted octanol–water partition coefficient (Wildman–Crippen LogP) is 2.82. The van der Waals surface area contributed by atoms with Gasteiger partial charge in [0, 0.05) is 0 Å². The van der Waals surface area contributed by atoms with Crippen LogP contribution in [0.3, 0.4) is 0 Å². The first kappa shape index (κ1) is 18.8. The van der Waals surface area contributed by atoms with Crippen molar-refractivity contribution in [2.45, 2.75) is 13.5 Å². The molecule has 0 amide bonds. The SMILES string of the molecule is COC(=O)c1noc(C)c1COc1ccc(NN=C(C#N)C#N)cc1Cl. The molecule has 0 unspecified atom stereocenters. The molecule has 26 heavy (non-hydrogen) atoms. The molecule has 0 bridgehead atoms. The maximum atomic E-state index is 11.7. The van der Waals surface area contributed by atoms with Gasteiger partial charge in [-0.05, 0) is 25.1 Å². The van der Waals surface area contributed by atoms with E-state index < -0.39 is 5.97 Å². The van der Waals surface area contributed by atoms with Crippen molar-refractivity contribution in [2.24, 2.45) is 5.10 Å². The second-order valence-electron chi connectivity index (χ2n) is 4.79. The molecule has 1 N–H and O–H groups in total. The molecule has 9 nitrogen and oxygen atoms in total. The lowest BCUT2D eigenvalue weighted by molar-refractivity contribution is 0.0586. The molecule has 0 spiro atoms. The Morgan fingerprint density at radius 1 is 1.42 bits per heavy atom. The van der Waals surface area contributed by atoms with Crippen LogP contribution in [0.2, 0.25) is 5.02 Å². The molecule has 0 aliphatic carbocycles. The molecule has 1 aromatic heterocycles. The number of nitrogens with zero attached hydrogens (tertiary/aromatic N) is 4. The fourth-order valence-electron chi connectivity index (χ4n) is 1.85. The lowest BCUT2D eigenvalue weighted by Crippen LogP contribution is -2.08. The van der Waals surface area contributed by atoms with Crippen LogP contribution >= 0.6 is 11.6 Å². The van der Waals surface area contributed by atoms with Crippen LogP contribution in [0.15, 0.2) is 27.8 Å². The number of aryl methyl sites for hydroxylation is 1. The van der Waals surface area contributed by atoms with Crippen molar-refractivity contribution in [2.75, 3.05) is 12.5 Å². The minimum atomic E-state index is -0.630. The lowest BCUT2D eigenvalue weighted by Gasteiger charge is -2.09. The Labute approximate surface area is 153 Å². The van der Waals surface area contributed by atoms with Gasteiger partial charge in [-0.15, -0.1) is 0 Å². The molecule has 0 saturated carbocycles. The van der Waals surface area contributed by atoms with Crippen molar-refractivity contribution in [1.82, 2.24) is 5.16 Å². The number of rotatable bonds is 6. The summed E-state index contributed by atoms with van der Waals surface area (Å²) in [4.78, 5) is 11.7. The van der Waals surface area contributed by atoms with E-state index in [9.17, 15) is 4.79 Å². The van der Waals surface area contributed by atoms with E-state index >= 15 is 0 Å². The second kappa shape index (κ2) is 8.51. The molecule has 0 radical (unpaired) electrons. The zero-order valence-electron chi connectivity index (χ0n) is 13.7. The third-order valence-electron chi connectivity index (χ3n) is 3.18. The average Bonchev–Trinajstić information content (AvgIpc) is 3.01. The highest BCUT2D eigenvalue weighted by Gasteiger charge is 2.21. The molecule has 1 aromatic carbocycles. The third-order valence-corrected chi connectivity index (χ3v) is 3.47. The number of nitriles is 2. The monoisotopic (exact) mass is 373 g/mol. The van der Waals surface area contributed by atoms with Crippen LogP contribution in [0.5, 0.6) is 5.75 Å². The summed E-state index contributed by atoms with van der Waals surface area (Å²) in [5, 5.41) is 24.8. The summed E-state index contributed by atoms with van der Waals surface area (Å²) in [6.45, 7) is 1.64. The zero-order chi connectivity index (χ0) is 19.1. The van der Waals surface area contributed by atoms with E-state index in [2.05, 4.69) is 20.4 Å². The molecule has 0 saturated heterocycles. The van der Waals surface area contributed by atoms with Gasteiger partial charge in [0.05, 0.1) is 23.4 Å². The van der Waals surface area contributed by atoms with E-state index in [1.807, 2.05) is 0 Å². The molecule has 2 rings (SSSR count). The van der Waals surface area contributed by atoms with Gasteiger partial charge in [0.25, 0.3) is 0 Å². The molecule has 1 heterocycles. The van der Waals surface area contributed by atoms with Gasteiger partial charge in [-0.2, -0.15) is 15.6 Å². The number of nitrogens with one attached hydrogen (secondary N) is 1. The number of aromatic nitrogens is 1. The summed E-state index contributed by atoms with van der Waals surface area (Å²) >= 11 is 6.15. The number of carbonyl (C=O) groups is 1. The van der Waals surface area contributed by atoms with Crippen molar-refractivity contribution in [3.63, 3.8) is 0 Å². The van der Waals surface area contributed by atoms with Crippen LogP contribution < -0.4 is 10.2 Å². The lowest BCUT2D eigenvalue weighted by atomic mass is 10.2. The summed E-state index contributed by atoms with van der Waals surface area (Å²) in [5.41, 5.74) is 3.17. The van der Waals surface area contributed by atoms with E-state index in [0.29, 0.717) is 22.8 Å². The maximum absolute atomic E-state index is 11.7. The summed E-state index contributed by atoms with van der Waals surface area (Å²) in [7, 11) is 1.24. The Morgan fingerprint density at radius 3 is 2.77 bits per heavy atom. The number of ether oxygens (including phenoxy) is 2. The number of hydrogen-bond acceptors (Lipinski definition) is 9. The largest absolute Gasteiger partial charge is 0.487 e. The Morgan fingerprint density at radius 2 is 2.15 bits per heavy atom. The van der Waals surface area contributed by atoms with Crippen LogP contribution in [0, 0.1) is 29.6 Å². The van der Waals surface area contributed by atoms with E-state index in [1.54, 1.807) is 31.2 Å². The standard InChI is InChI=1S/C16H12ClN5O4/c1-9-12(15(22-26-9)16(23)24-2)8-25-14-4-3-10(5-13(14)17)20-21-11(6-18)7-19/h3-5,20H,8H2,1-2H3. The molecular weight excluding hydrogens is 362 g/mol. The number of esters is 1. The highest BCUT2D eigenvalue weighted by molar-refractivity contribution is 6.32. The van der Waals surface area contributed by atoms with Gasteiger partial charge in [0.1, 0.15) is 30.3 Å². The number of anilines is 1. The van der Waals surface area contributed by atoms with Crippen LogP contribution in [0.25, 0.3) is 0 Å². The van der Waals surface area contributed by atoms with Gasteiger partial charge in [0.2, 0.25) is 5.71 Å². The van der Waals surface area contributed by atoms with Crippen molar-refractivity contribution in [3.05, 3.63) is 40.2 Å². The minimum Gasteiger partial charge on any atom is -0.487 e. The van der Waals surface area contributed by atoms with Crippen LogP contribution in [-0.4, -0.2) is 23.9 Å². The molecule has 0 aliphatic heterocycles. The first-order chi connectivity index (χ1) is 12.5. The van der Waals surface area contributed by atoms with Crippen molar-refractivity contribution >= 4 is 29.0 Å². The number of methoxy groups -OCH3 is 1. The molecule has 10 heteroatoms. The summed E-state index contributed by atoms with van der Waals surface area (Å²) < 4.78 is 15.2. The molecule has 2 aromatic rings. The van der Waals surface area contributed by atoms with Crippen molar-refractivity contribution in [3.8, 4) is 17.9 Å². The number of hydrazone groups is 1. The summed E-state index contributed by atoms with van der Waals surface area (Å²) in [5.74, 6) is 0.142. The van der Waals surface area contributed by atoms with E-state index in [1.165, 1.54) is 13.2 Å². The first-order valence-corrected chi connectivity index (χ1v) is 7.47. The molecule has 0 aliphatic rings. The van der Waals surface area contributed by atoms with Gasteiger partial charge < -0.3 is 14.0 Å². The Hall–Kier alpha value is -3.56. The van der Waals surface area contributed by atoms with E-state index in [4.69, 9.17) is 31.4 Å². The van der Waals surface area contributed by atoms with Gasteiger partial charge in [-0.1, -0.05) is 16.8 Å². The van der Waals surface area contributed by atoms with Gasteiger partial charge in [0.15, 0.2) is 5.69 Å². The smallest absolute Gasteiger partial charge is 0.360 e. The Kier molecular flexibility index (Phi) is 6.15. The molecule has 0 fully saturated rings. The number of hydrogen-bond donors (Lipinski definition) is 1. The highest BCUT2D eigenvalue weighted by Crippen LogP contribution is 2.29. The normalized spacial score (nSPS) is 9.58. The second-order valence-corrected chi connectivity index (χ2v) is 5.19. The minimum absolute atomic E-state index is 0.00255. The number of halogens is 1. The number of carbonyl (C=O) groups excluding carboxylic acids is 1. The molecular formula is C16H12ClN5O4. The van der Waals surface area contributed by atoms with Gasteiger partial charge >= 0.3 is 5.97 Å². The Bertz CT molecular complexity index is 923. The Balaban J connectivity index is 2.12. The fourth-order valence-corrected chi connectivity index (χ4v) is 2.09. The summed E-state index contributed by atoms with van der Waals surface area (Å²) in [6.07, 6.45) is 0. The maximum Gasteiger partial charge on any atom is 0.360 e. The number of benzene rings is 1. The topological polar surface area (TPSA) is 134 Å². The van der Waals surface area contributed by atoms with Crippen molar-refractivity contribution < 1.29 is 18.8 Å². The van der Waals surface area contributed by atoms with Crippen LogP contribution in [-0.2, 0) is 11.3 Å². The van der Waals surface area contributed by atoms with Crippen LogP contribution in [0.4, 0.5) is 5.69 Å². The quantitative estimate of drug-likeness (QED) is 0.464. The first-order valence-electron chi connectivity index (χ1n) is 7.09. The highest BCUT2D eigenvalue weighted by atomic mass is 35.5. The molecule has 0 atom stereocenters.